The lowest BCUT2D eigenvalue weighted by molar-refractivity contribution is 0.0378. The summed E-state index contributed by atoms with van der Waals surface area (Å²) in [6.45, 7) is 8.00. The van der Waals surface area contributed by atoms with Crippen molar-refractivity contribution >= 4 is 16.7 Å². The summed E-state index contributed by atoms with van der Waals surface area (Å²) < 4.78 is 12.5. The molecule has 3 rings (SSSR count). The number of carbonyl (C=O) groups excluding carboxylic acids is 1. The maximum atomic E-state index is 12.8. The van der Waals surface area contributed by atoms with E-state index in [1.165, 1.54) is 0 Å². The number of fused-ring (bicyclic) bond motifs is 1. The molecule has 0 aliphatic carbocycles. The van der Waals surface area contributed by atoms with E-state index >= 15 is 0 Å². The van der Waals surface area contributed by atoms with Gasteiger partial charge in [0.1, 0.15) is 5.75 Å². The number of pyridine rings is 1. The van der Waals surface area contributed by atoms with Crippen molar-refractivity contribution in [1.29, 1.82) is 0 Å². The SMILES string of the molecule is CC(C)OC(=O)c1ccc(Cn2ccc3cc(OC(C)C)ccc3c2=O)cc1. The van der Waals surface area contributed by atoms with Crippen LogP contribution < -0.4 is 10.3 Å². The number of nitrogens with zero attached hydrogens (tertiary/aromatic N) is 1. The van der Waals surface area contributed by atoms with E-state index in [1.807, 2.05) is 58.0 Å². The van der Waals surface area contributed by atoms with Crippen molar-refractivity contribution in [2.75, 3.05) is 0 Å². The first kappa shape index (κ1) is 19.7. The van der Waals surface area contributed by atoms with Crippen LogP contribution in [0.1, 0.15) is 43.6 Å². The molecule has 1 heterocycles. The van der Waals surface area contributed by atoms with Crippen molar-refractivity contribution in [1.82, 2.24) is 4.57 Å². The quantitative estimate of drug-likeness (QED) is 0.596. The standard InChI is InChI=1S/C23H25NO4/c1-15(2)27-20-9-10-21-19(13-20)11-12-24(22(21)25)14-17-5-7-18(8-6-17)23(26)28-16(3)4/h5-13,15-16H,14H2,1-4H3. The third kappa shape index (κ3) is 4.60. The van der Waals surface area contributed by atoms with Gasteiger partial charge in [-0.3, -0.25) is 4.79 Å². The predicted molar refractivity (Wildman–Crippen MR) is 110 cm³/mol. The van der Waals surface area contributed by atoms with Crippen LogP contribution in [0.4, 0.5) is 0 Å². The molecule has 0 spiro atoms. The number of esters is 1. The van der Waals surface area contributed by atoms with Crippen LogP contribution in [0.15, 0.2) is 59.5 Å². The summed E-state index contributed by atoms with van der Waals surface area (Å²) >= 11 is 0. The first-order valence-corrected chi connectivity index (χ1v) is 9.43. The Labute approximate surface area is 164 Å². The molecule has 146 valence electrons. The lowest BCUT2D eigenvalue weighted by atomic mass is 10.1. The minimum Gasteiger partial charge on any atom is -0.491 e. The van der Waals surface area contributed by atoms with Crippen LogP contribution in [0.2, 0.25) is 0 Å². The van der Waals surface area contributed by atoms with Gasteiger partial charge in [-0.1, -0.05) is 12.1 Å². The van der Waals surface area contributed by atoms with E-state index in [-0.39, 0.29) is 23.7 Å². The summed E-state index contributed by atoms with van der Waals surface area (Å²) in [4.78, 5) is 24.7. The molecule has 0 atom stereocenters. The van der Waals surface area contributed by atoms with Crippen molar-refractivity contribution in [3.05, 3.63) is 76.2 Å². The molecule has 0 amide bonds. The first-order chi connectivity index (χ1) is 13.3. The van der Waals surface area contributed by atoms with Gasteiger partial charge in [0.05, 0.1) is 24.3 Å². The second kappa shape index (κ2) is 8.30. The van der Waals surface area contributed by atoms with Crippen molar-refractivity contribution in [3.8, 4) is 5.75 Å². The highest BCUT2D eigenvalue weighted by Crippen LogP contribution is 2.19. The Kier molecular flexibility index (Phi) is 5.83. The molecule has 0 aliphatic heterocycles. The van der Waals surface area contributed by atoms with E-state index < -0.39 is 0 Å². The lowest BCUT2D eigenvalue weighted by Crippen LogP contribution is -2.20. The van der Waals surface area contributed by atoms with E-state index in [0.29, 0.717) is 17.5 Å². The minimum atomic E-state index is -0.344. The second-order valence-corrected chi connectivity index (χ2v) is 7.32. The number of carbonyl (C=O) groups is 1. The van der Waals surface area contributed by atoms with Crippen LogP contribution in [0.3, 0.4) is 0 Å². The number of ether oxygens (including phenoxy) is 2. The highest BCUT2D eigenvalue weighted by Gasteiger charge is 2.10. The molecule has 3 aromatic rings. The van der Waals surface area contributed by atoms with Crippen molar-refractivity contribution in [3.63, 3.8) is 0 Å². The van der Waals surface area contributed by atoms with E-state index in [0.717, 1.165) is 16.7 Å². The van der Waals surface area contributed by atoms with Crippen LogP contribution in [0.5, 0.6) is 5.75 Å². The first-order valence-electron chi connectivity index (χ1n) is 9.43. The van der Waals surface area contributed by atoms with Gasteiger partial charge in [-0.25, -0.2) is 4.79 Å². The highest BCUT2D eigenvalue weighted by atomic mass is 16.5. The van der Waals surface area contributed by atoms with Crippen LogP contribution in [-0.2, 0) is 11.3 Å². The van der Waals surface area contributed by atoms with E-state index in [2.05, 4.69) is 0 Å². The van der Waals surface area contributed by atoms with Gasteiger partial charge in [-0.2, -0.15) is 0 Å². The Morgan fingerprint density at radius 1 is 0.964 bits per heavy atom. The molecule has 28 heavy (non-hydrogen) atoms. The monoisotopic (exact) mass is 379 g/mol. The highest BCUT2D eigenvalue weighted by molar-refractivity contribution is 5.89. The summed E-state index contributed by atoms with van der Waals surface area (Å²) in [6, 6.07) is 14.6. The fourth-order valence-corrected chi connectivity index (χ4v) is 2.96. The smallest absolute Gasteiger partial charge is 0.338 e. The van der Waals surface area contributed by atoms with Gasteiger partial charge in [0.2, 0.25) is 0 Å². The minimum absolute atomic E-state index is 0.0584. The van der Waals surface area contributed by atoms with Crippen molar-refractivity contribution in [2.24, 2.45) is 0 Å². The zero-order valence-corrected chi connectivity index (χ0v) is 16.6. The van der Waals surface area contributed by atoms with Crippen LogP contribution in [0, 0.1) is 0 Å². The fraction of sp³-hybridized carbons (Fsp3) is 0.304. The van der Waals surface area contributed by atoms with Gasteiger partial charge < -0.3 is 14.0 Å². The van der Waals surface area contributed by atoms with Crippen LogP contribution in [0.25, 0.3) is 10.8 Å². The van der Waals surface area contributed by atoms with E-state index in [4.69, 9.17) is 9.47 Å². The Bertz CT molecular complexity index is 1030. The van der Waals surface area contributed by atoms with Crippen LogP contribution in [-0.4, -0.2) is 22.7 Å². The fourth-order valence-electron chi connectivity index (χ4n) is 2.96. The topological polar surface area (TPSA) is 57.5 Å². The molecule has 0 unspecified atom stereocenters. The van der Waals surface area contributed by atoms with Gasteiger partial charge in [0.15, 0.2) is 0 Å². The third-order valence-corrected chi connectivity index (χ3v) is 4.21. The summed E-state index contributed by atoms with van der Waals surface area (Å²) in [5.74, 6) is 0.410. The number of aromatic nitrogens is 1. The molecule has 0 radical (unpaired) electrons. The molecule has 1 aromatic heterocycles. The van der Waals surface area contributed by atoms with Crippen molar-refractivity contribution < 1.29 is 14.3 Å². The molecule has 0 N–H and O–H groups in total. The normalized spacial score (nSPS) is 11.2. The van der Waals surface area contributed by atoms with Gasteiger partial charge in [0.25, 0.3) is 5.56 Å². The maximum absolute atomic E-state index is 12.8. The summed E-state index contributed by atoms with van der Waals surface area (Å²) in [7, 11) is 0. The number of benzene rings is 2. The largest absolute Gasteiger partial charge is 0.491 e. The molecule has 0 fully saturated rings. The Balaban J connectivity index is 1.81. The molecule has 5 heteroatoms. The molecule has 0 aliphatic rings. The maximum Gasteiger partial charge on any atom is 0.338 e. The summed E-state index contributed by atoms with van der Waals surface area (Å²) in [6.07, 6.45) is 1.71. The van der Waals surface area contributed by atoms with E-state index in [1.54, 1.807) is 29.0 Å². The number of rotatable bonds is 6. The van der Waals surface area contributed by atoms with Gasteiger partial charge >= 0.3 is 5.97 Å². The lowest BCUT2D eigenvalue weighted by Gasteiger charge is -2.12. The predicted octanol–water partition coefficient (Wildman–Crippen LogP) is 4.40. The van der Waals surface area contributed by atoms with Gasteiger partial charge in [-0.15, -0.1) is 0 Å². The number of hydrogen-bond donors (Lipinski definition) is 0. The summed E-state index contributed by atoms with van der Waals surface area (Å²) in [5.41, 5.74) is 1.38. The average molecular weight is 379 g/mol. The van der Waals surface area contributed by atoms with Crippen LogP contribution >= 0.6 is 0 Å². The van der Waals surface area contributed by atoms with Gasteiger partial charge in [0, 0.05) is 11.6 Å². The Morgan fingerprint density at radius 2 is 1.68 bits per heavy atom. The molecule has 2 aromatic carbocycles. The second-order valence-electron chi connectivity index (χ2n) is 7.32. The zero-order chi connectivity index (χ0) is 20.3. The zero-order valence-electron chi connectivity index (χ0n) is 16.6. The Morgan fingerprint density at radius 3 is 2.32 bits per heavy atom. The Hall–Kier alpha value is -3.08. The molecule has 0 saturated heterocycles. The molecular weight excluding hydrogens is 354 g/mol. The third-order valence-electron chi connectivity index (χ3n) is 4.21. The van der Waals surface area contributed by atoms with Crippen molar-refractivity contribution in [2.45, 2.75) is 46.4 Å². The van der Waals surface area contributed by atoms with E-state index in [9.17, 15) is 9.59 Å². The average Bonchev–Trinajstić information content (AvgIpc) is 2.63. The van der Waals surface area contributed by atoms with Gasteiger partial charge in [-0.05, 0) is 75.0 Å². The molecule has 5 nitrogen and oxygen atoms in total. The molecule has 0 saturated carbocycles. The molecular formula is C23H25NO4. The number of hydrogen-bond acceptors (Lipinski definition) is 4. The molecule has 0 bridgehead atoms. The summed E-state index contributed by atoms with van der Waals surface area (Å²) in [5, 5.41) is 1.50.